The van der Waals surface area contributed by atoms with Crippen molar-refractivity contribution in [3.8, 4) is 45.3 Å². The summed E-state index contributed by atoms with van der Waals surface area (Å²) in [5.41, 5.74) is 8.11. The molecule has 0 bridgehead atoms. The van der Waals surface area contributed by atoms with Crippen LogP contribution in [-0.4, -0.2) is 15.0 Å². The SMILES string of the molecule is c1ccc(-c2nc(-c3ccccc3)nc(-c3cccc4oc5cc(-c6cccc7c6oc6ccc8ccccc8c67)ccc5c34)n2)cc1. The number of hydrogen-bond acceptors (Lipinski definition) is 5. The van der Waals surface area contributed by atoms with E-state index >= 15 is 0 Å². The quantitative estimate of drug-likeness (QED) is 0.197. The van der Waals surface area contributed by atoms with Gasteiger partial charge in [-0.15, -0.1) is 0 Å². The molecule has 3 aromatic heterocycles. The van der Waals surface area contributed by atoms with E-state index in [0.717, 1.165) is 71.7 Å². The molecule has 10 rings (SSSR count). The number of hydrogen-bond donors (Lipinski definition) is 0. The lowest BCUT2D eigenvalue weighted by Crippen LogP contribution is -2.00. The Bertz CT molecular complexity index is 2780. The molecule has 0 unspecified atom stereocenters. The number of furan rings is 2. The van der Waals surface area contributed by atoms with Gasteiger partial charge in [-0.05, 0) is 40.6 Å². The van der Waals surface area contributed by atoms with Gasteiger partial charge in [-0.1, -0.05) is 127 Å². The minimum absolute atomic E-state index is 0.597. The molecule has 0 spiro atoms. The normalized spacial score (nSPS) is 11.8. The number of para-hydroxylation sites is 1. The van der Waals surface area contributed by atoms with Crippen molar-refractivity contribution in [3.63, 3.8) is 0 Å². The molecule has 0 atom stereocenters. The fourth-order valence-electron chi connectivity index (χ4n) is 6.90. The van der Waals surface area contributed by atoms with Crippen LogP contribution in [0.15, 0.2) is 160 Å². The third-order valence-electron chi connectivity index (χ3n) is 9.14. The van der Waals surface area contributed by atoms with Crippen LogP contribution in [0, 0.1) is 0 Å². The van der Waals surface area contributed by atoms with Crippen LogP contribution in [0.5, 0.6) is 0 Å². The predicted octanol–water partition coefficient (Wildman–Crippen LogP) is 11.5. The van der Waals surface area contributed by atoms with Crippen LogP contribution in [0.1, 0.15) is 0 Å². The molecule has 5 nitrogen and oxygen atoms in total. The number of aromatic nitrogens is 3. The Hall–Kier alpha value is -6.59. The third-order valence-corrected chi connectivity index (χ3v) is 9.14. The van der Waals surface area contributed by atoms with Gasteiger partial charge in [-0.3, -0.25) is 0 Å². The molecule has 48 heavy (non-hydrogen) atoms. The highest BCUT2D eigenvalue weighted by molar-refractivity contribution is 6.21. The van der Waals surface area contributed by atoms with Gasteiger partial charge in [-0.25, -0.2) is 15.0 Å². The van der Waals surface area contributed by atoms with Crippen molar-refractivity contribution in [2.45, 2.75) is 0 Å². The maximum Gasteiger partial charge on any atom is 0.164 e. The molecule has 0 aliphatic heterocycles. The first-order chi connectivity index (χ1) is 23.8. The molecular weight excluding hydrogens is 590 g/mol. The Balaban J connectivity index is 1.16. The van der Waals surface area contributed by atoms with E-state index < -0.39 is 0 Å². The second-order valence-corrected chi connectivity index (χ2v) is 12.0. The Morgan fingerprint density at radius 1 is 0.354 bits per heavy atom. The molecule has 5 heteroatoms. The summed E-state index contributed by atoms with van der Waals surface area (Å²) in [7, 11) is 0. The van der Waals surface area contributed by atoms with Crippen molar-refractivity contribution in [1.82, 2.24) is 15.0 Å². The van der Waals surface area contributed by atoms with E-state index in [-0.39, 0.29) is 0 Å². The van der Waals surface area contributed by atoms with Crippen LogP contribution in [0.2, 0.25) is 0 Å². The topological polar surface area (TPSA) is 65.0 Å². The van der Waals surface area contributed by atoms with Gasteiger partial charge >= 0.3 is 0 Å². The van der Waals surface area contributed by atoms with E-state index in [1.165, 1.54) is 10.8 Å². The summed E-state index contributed by atoms with van der Waals surface area (Å²) in [4.78, 5) is 14.9. The molecule has 0 aliphatic carbocycles. The summed E-state index contributed by atoms with van der Waals surface area (Å²) in [5.74, 6) is 1.84. The van der Waals surface area contributed by atoms with Crippen molar-refractivity contribution < 1.29 is 8.83 Å². The molecular formula is C43H25N3O2. The van der Waals surface area contributed by atoms with Crippen LogP contribution < -0.4 is 0 Å². The van der Waals surface area contributed by atoms with Crippen molar-refractivity contribution in [3.05, 3.63) is 152 Å². The first-order valence-electron chi connectivity index (χ1n) is 15.9. The average Bonchev–Trinajstić information content (AvgIpc) is 3.74. The lowest BCUT2D eigenvalue weighted by molar-refractivity contribution is 0.668. The molecule has 0 saturated carbocycles. The molecule has 0 saturated heterocycles. The highest BCUT2D eigenvalue weighted by atomic mass is 16.3. The first kappa shape index (κ1) is 26.6. The van der Waals surface area contributed by atoms with E-state index in [1.54, 1.807) is 0 Å². The van der Waals surface area contributed by atoms with E-state index in [4.69, 9.17) is 23.8 Å². The monoisotopic (exact) mass is 615 g/mol. The zero-order valence-corrected chi connectivity index (χ0v) is 25.6. The standard InChI is InChI=1S/C43H25N3O2/c1-3-12-27(13-4-1)41-44-42(28-14-5-2-6-15-28)46-43(45-41)34-19-10-20-35-39(34)32-23-21-29(25-37(32)47-35)31-17-9-18-33-38-30-16-8-7-11-26(30)22-24-36(38)48-40(31)33/h1-25H. The molecule has 0 amide bonds. The third kappa shape index (κ3) is 4.15. The van der Waals surface area contributed by atoms with Crippen LogP contribution >= 0.6 is 0 Å². The number of rotatable bonds is 4. The second kappa shape index (κ2) is 10.5. The van der Waals surface area contributed by atoms with Gasteiger partial charge in [0.2, 0.25) is 0 Å². The van der Waals surface area contributed by atoms with Crippen LogP contribution in [0.25, 0.3) is 99.9 Å². The Labute approximate surface area is 274 Å². The van der Waals surface area contributed by atoms with E-state index in [9.17, 15) is 0 Å². The van der Waals surface area contributed by atoms with Crippen LogP contribution in [0.3, 0.4) is 0 Å². The number of benzene rings is 7. The summed E-state index contributed by atoms with van der Waals surface area (Å²) in [6, 6.07) is 51.5. The van der Waals surface area contributed by atoms with Crippen molar-refractivity contribution in [2.75, 3.05) is 0 Å². The summed E-state index contributed by atoms with van der Waals surface area (Å²) in [5, 5.41) is 6.59. The Morgan fingerprint density at radius 3 is 1.79 bits per heavy atom. The van der Waals surface area contributed by atoms with Gasteiger partial charge < -0.3 is 8.83 Å². The molecule has 0 N–H and O–H groups in total. The minimum atomic E-state index is 0.597. The maximum absolute atomic E-state index is 6.54. The van der Waals surface area contributed by atoms with E-state index in [2.05, 4.69) is 78.9 Å². The Morgan fingerprint density at radius 2 is 1.00 bits per heavy atom. The summed E-state index contributed by atoms with van der Waals surface area (Å²) >= 11 is 0. The maximum atomic E-state index is 6.54. The number of nitrogens with zero attached hydrogens (tertiary/aromatic N) is 3. The lowest BCUT2D eigenvalue weighted by atomic mass is 9.98. The Kier molecular flexibility index (Phi) is 5.81. The molecule has 10 aromatic rings. The second-order valence-electron chi connectivity index (χ2n) is 12.0. The molecule has 7 aromatic carbocycles. The smallest absolute Gasteiger partial charge is 0.164 e. The van der Waals surface area contributed by atoms with Gasteiger partial charge in [0.1, 0.15) is 22.3 Å². The lowest BCUT2D eigenvalue weighted by Gasteiger charge is -2.09. The van der Waals surface area contributed by atoms with E-state index in [1.807, 2.05) is 72.8 Å². The summed E-state index contributed by atoms with van der Waals surface area (Å²) < 4.78 is 13.1. The molecule has 0 aliphatic rings. The zero-order chi connectivity index (χ0) is 31.6. The highest BCUT2D eigenvalue weighted by Gasteiger charge is 2.19. The molecule has 3 heterocycles. The number of fused-ring (bicyclic) bond motifs is 8. The van der Waals surface area contributed by atoms with Crippen LogP contribution in [-0.2, 0) is 0 Å². The van der Waals surface area contributed by atoms with Crippen LogP contribution in [0.4, 0.5) is 0 Å². The molecule has 224 valence electrons. The largest absolute Gasteiger partial charge is 0.456 e. The van der Waals surface area contributed by atoms with Crippen molar-refractivity contribution in [1.29, 1.82) is 0 Å². The van der Waals surface area contributed by atoms with Gasteiger partial charge in [0.05, 0.1) is 0 Å². The minimum Gasteiger partial charge on any atom is -0.456 e. The fourth-order valence-corrected chi connectivity index (χ4v) is 6.90. The van der Waals surface area contributed by atoms with Crippen molar-refractivity contribution in [2.24, 2.45) is 0 Å². The van der Waals surface area contributed by atoms with E-state index in [0.29, 0.717) is 17.5 Å². The molecule has 0 fully saturated rings. The predicted molar refractivity (Wildman–Crippen MR) is 194 cm³/mol. The van der Waals surface area contributed by atoms with Crippen molar-refractivity contribution >= 4 is 54.6 Å². The van der Waals surface area contributed by atoms with Gasteiger partial charge in [0, 0.05) is 43.8 Å². The summed E-state index contributed by atoms with van der Waals surface area (Å²) in [6.07, 6.45) is 0. The fraction of sp³-hybridized carbons (Fsp3) is 0. The molecule has 0 radical (unpaired) electrons. The van der Waals surface area contributed by atoms with Gasteiger partial charge in [-0.2, -0.15) is 0 Å². The zero-order valence-electron chi connectivity index (χ0n) is 25.6. The first-order valence-corrected chi connectivity index (χ1v) is 15.9. The average molecular weight is 616 g/mol. The highest BCUT2D eigenvalue weighted by Crippen LogP contribution is 2.42. The van der Waals surface area contributed by atoms with Gasteiger partial charge in [0.15, 0.2) is 17.5 Å². The van der Waals surface area contributed by atoms with Gasteiger partial charge in [0.25, 0.3) is 0 Å². The summed E-state index contributed by atoms with van der Waals surface area (Å²) in [6.45, 7) is 0.